The minimum absolute atomic E-state index is 0.212. The van der Waals surface area contributed by atoms with Crippen molar-refractivity contribution in [3.8, 4) is 11.3 Å². The second-order valence-corrected chi connectivity index (χ2v) is 4.21. The van der Waals surface area contributed by atoms with E-state index in [4.69, 9.17) is 9.63 Å². The Morgan fingerprint density at radius 2 is 2.42 bits per heavy atom. The first-order chi connectivity index (χ1) is 9.16. The van der Waals surface area contributed by atoms with Crippen molar-refractivity contribution in [2.45, 2.75) is 19.4 Å². The van der Waals surface area contributed by atoms with E-state index < -0.39 is 6.10 Å². The van der Waals surface area contributed by atoms with Crippen LogP contribution in [-0.2, 0) is 0 Å². The molecule has 2 N–H and O–H groups in total. The third kappa shape index (κ3) is 3.62. The van der Waals surface area contributed by atoms with Gasteiger partial charge in [-0.15, -0.1) is 0 Å². The van der Waals surface area contributed by atoms with Crippen LogP contribution in [0.15, 0.2) is 35.1 Å². The summed E-state index contributed by atoms with van der Waals surface area (Å²) in [7, 11) is 0. The lowest BCUT2D eigenvalue weighted by Gasteiger charge is -2.04. The van der Waals surface area contributed by atoms with E-state index in [0.29, 0.717) is 18.7 Å². The number of hydrogen-bond acceptors (Lipinski definition) is 5. The molecule has 1 atom stereocenters. The number of carbonyl (C=O) groups excluding carboxylic acids is 1. The quantitative estimate of drug-likeness (QED) is 0.845. The van der Waals surface area contributed by atoms with Crippen LogP contribution in [0, 0.1) is 0 Å². The van der Waals surface area contributed by atoms with Gasteiger partial charge in [-0.05, 0) is 25.5 Å². The highest BCUT2D eigenvalue weighted by atomic mass is 16.5. The van der Waals surface area contributed by atoms with Gasteiger partial charge in [-0.2, -0.15) is 0 Å². The van der Waals surface area contributed by atoms with E-state index >= 15 is 0 Å². The number of carbonyl (C=O) groups is 1. The summed E-state index contributed by atoms with van der Waals surface area (Å²) in [6.45, 7) is 2.06. The molecule has 1 amide bonds. The van der Waals surface area contributed by atoms with Gasteiger partial charge in [0.15, 0.2) is 11.5 Å². The van der Waals surface area contributed by atoms with E-state index in [9.17, 15) is 4.79 Å². The third-order valence-electron chi connectivity index (χ3n) is 2.54. The molecule has 0 spiro atoms. The van der Waals surface area contributed by atoms with Gasteiger partial charge in [0.05, 0.1) is 6.10 Å². The minimum atomic E-state index is -0.441. The molecule has 0 aliphatic carbocycles. The number of nitrogens with one attached hydrogen (secondary N) is 1. The molecule has 0 aliphatic rings. The van der Waals surface area contributed by atoms with E-state index in [2.05, 4.69) is 15.5 Å². The number of aliphatic hydroxyl groups is 1. The van der Waals surface area contributed by atoms with Crippen LogP contribution < -0.4 is 5.32 Å². The lowest BCUT2D eigenvalue weighted by atomic mass is 10.2. The molecule has 1 unspecified atom stereocenters. The summed E-state index contributed by atoms with van der Waals surface area (Å²) in [6.07, 6.45) is 3.35. The lowest BCUT2D eigenvalue weighted by molar-refractivity contribution is 0.0936. The average molecular weight is 261 g/mol. The summed E-state index contributed by atoms with van der Waals surface area (Å²) in [5, 5.41) is 15.5. The Morgan fingerprint density at radius 1 is 1.58 bits per heavy atom. The number of amides is 1. The average Bonchev–Trinajstić information content (AvgIpc) is 2.89. The summed E-state index contributed by atoms with van der Waals surface area (Å²) in [4.78, 5) is 15.7. The molecular weight excluding hydrogens is 246 g/mol. The van der Waals surface area contributed by atoms with Crippen LogP contribution in [0.3, 0.4) is 0 Å². The highest BCUT2D eigenvalue weighted by Gasteiger charge is 2.13. The van der Waals surface area contributed by atoms with Crippen LogP contribution in [0.1, 0.15) is 23.8 Å². The summed E-state index contributed by atoms with van der Waals surface area (Å²) >= 11 is 0. The summed E-state index contributed by atoms with van der Waals surface area (Å²) in [5.41, 5.74) is 0.975. The van der Waals surface area contributed by atoms with Gasteiger partial charge in [-0.1, -0.05) is 5.16 Å². The fourth-order valence-corrected chi connectivity index (χ4v) is 1.51. The van der Waals surface area contributed by atoms with E-state index in [1.807, 2.05) is 6.07 Å². The number of aliphatic hydroxyl groups excluding tert-OH is 1. The Balaban J connectivity index is 1.99. The van der Waals surface area contributed by atoms with Crippen LogP contribution in [0.5, 0.6) is 0 Å². The van der Waals surface area contributed by atoms with E-state index in [1.165, 1.54) is 0 Å². The molecule has 0 aromatic carbocycles. The molecule has 2 aromatic heterocycles. The lowest BCUT2D eigenvalue weighted by Crippen LogP contribution is -2.26. The van der Waals surface area contributed by atoms with Gasteiger partial charge in [-0.3, -0.25) is 9.78 Å². The van der Waals surface area contributed by atoms with Gasteiger partial charge in [0.25, 0.3) is 5.91 Å². The number of nitrogens with zero attached hydrogens (tertiary/aromatic N) is 2. The molecule has 6 heteroatoms. The summed E-state index contributed by atoms with van der Waals surface area (Å²) in [6, 6.07) is 5.16. The first-order valence-corrected chi connectivity index (χ1v) is 6.00. The first-order valence-electron chi connectivity index (χ1n) is 6.00. The highest BCUT2D eigenvalue weighted by Crippen LogP contribution is 2.18. The Labute approximate surface area is 110 Å². The molecule has 2 heterocycles. The zero-order valence-corrected chi connectivity index (χ0v) is 10.5. The van der Waals surface area contributed by atoms with Gasteiger partial charge in [0.2, 0.25) is 0 Å². The molecule has 0 aliphatic heterocycles. The van der Waals surface area contributed by atoms with Gasteiger partial charge in [0, 0.05) is 30.6 Å². The summed E-state index contributed by atoms with van der Waals surface area (Å²) in [5.74, 6) is 0.174. The number of pyridine rings is 1. The Kier molecular flexibility index (Phi) is 4.25. The van der Waals surface area contributed by atoms with Crippen molar-refractivity contribution in [1.82, 2.24) is 15.5 Å². The molecular formula is C13H15N3O3. The molecule has 2 aromatic rings. The zero-order chi connectivity index (χ0) is 13.7. The van der Waals surface area contributed by atoms with Crippen LogP contribution in [0.4, 0.5) is 0 Å². The van der Waals surface area contributed by atoms with Crippen molar-refractivity contribution >= 4 is 5.91 Å². The number of aromatic nitrogens is 2. The fourth-order valence-electron chi connectivity index (χ4n) is 1.51. The Bertz CT molecular complexity index is 537. The van der Waals surface area contributed by atoms with Crippen molar-refractivity contribution in [2.75, 3.05) is 6.54 Å². The Hall–Kier alpha value is -2.21. The highest BCUT2D eigenvalue weighted by molar-refractivity contribution is 5.93. The molecule has 0 saturated heterocycles. The van der Waals surface area contributed by atoms with E-state index in [1.54, 1.807) is 31.5 Å². The van der Waals surface area contributed by atoms with Crippen molar-refractivity contribution in [1.29, 1.82) is 0 Å². The van der Waals surface area contributed by atoms with Crippen molar-refractivity contribution < 1.29 is 14.4 Å². The van der Waals surface area contributed by atoms with E-state index in [0.717, 1.165) is 5.56 Å². The monoisotopic (exact) mass is 261 g/mol. The number of hydrogen-bond donors (Lipinski definition) is 2. The molecule has 0 bridgehead atoms. The molecule has 0 saturated carbocycles. The van der Waals surface area contributed by atoms with Crippen LogP contribution in [0.25, 0.3) is 11.3 Å². The maximum atomic E-state index is 11.7. The predicted octanol–water partition coefficient (Wildman–Crippen LogP) is 1.24. The van der Waals surface area contributed by atoms with Gasteiger partial charge in [-0.25, -0.2) is 0 Å². The minimum Gasteiger partial charge on any atom is -0.393 e. The molecule has 100 valence electrons. The molecule has 0 radical (unpaired) electrons. The second-order valence-electron chi connectivity index (χ2n) is 4.21. The maximum absolute atomic E-state index is 11.7. The normalized spacial score (nSPS) is 12.1. The van der Waals surface area contributed by atoms with Gasteiger partial charge < -0.3 is 14.9 Å². The van der Waals surface area contributed by atoms with Gasteiger partial charge >= 0.3 is 0 Å². The first kappa shape index (κ1) is 13.2. The van der Waals surface area contributed by atoms with Crippen molar-refractivity contribution in [3.63, 3.8) is 0 Å². The van der Waals surface area contributed by atoms with E-state index in [-0.39, 0.29) is 11.6 Å². The van der Waals surface area contributed by atoms with Crippen LogP contribution in [-0.4, -0.2) is 33.8 Å². The molecule has 6 nitrogen and oxygen atoms in total. The smallest absolute Gasteiger partial charge is 0.273 e. The van der Waals surface area contributed by atoms with Crippen LogP contribution >= 0.6 is 0 Å². The molecule has 19 heavy (non-hydrogen) atoms. The Morgan fingerprint density at radius 3 is 3.11 bits per heavy atom. The SMILES string of the molecule is CC(O)CCNC(=O)c1cc(-c2cccnc2)on1. The largest absolute Gasteiger partial charge is 0.393 e. The second kappa shape index (κ2) is 6.10. The predicted molar refractivity (Wildman–Crippen MR) is 68.4 cm³/mol. The van der Waals surface area contributed by atoms with Gasteiger partial charge in [0.1, 0.15) is 0 Å². The third-order valence-corrected chi connectivity index (χ3v) is 2.54. The number of rotatable bonds is 5. The fraction of sp³-hybridized carbons (Fsp3) is 0.308. The standard InChI is InChI=1S/C13H15N3O3/c1-9(17)4-6-15-13(18)11-7-12(19-16-11)10-3-2-5-14-8-10/h2-3,5,7-9,17H,4,6H2,1H3,(H,15,18). The zero-order valence-electron chi connectivity index (χ0n) is 10.5. The molecule has 2 rings (SSSR count). The maximum Gasteiger partial charge on any atom is 0.273 e. The van der Waals surface area contributed by atoms with Crippen molar-refractivity contribution in [3.05, 3.63) is 36.3 Å². The molecule has 0 fully saturated rings. The van der Waals surface area contributed by atoms with Crippen LogP contribution in [0.2, 0.25) is 0 Å². The van der Waals surface area contributed by atoms with Crippen molar-refractivity contribution in [2.24, 2.45) is 0 Å². The topological polar surface area (TPSA) is 88.2 Å². The summed E-state index contributed by atoms with van der Waals surface area (Å²) < 4.78 is 5.10.